The van der Waals surface area contributed by atoms with Gasteiger partial charge in [0.25, 0.3) is 0 Å². The number of hydrogen-bond acceptors (Lipinski definition) is 3. The lowest BCUT2D eigenvalue weighted by Crippen LogP contribution is -2.39. The fourth-order valence-corrected chi connectivity index (χ4v) is 3.27. The van der Waals surface area contributed by atoms with Gasteiger partial charge in [0.05, 0.1) is 6.10 Å². The zero-order chi connectivity index (χ0) is 14.4. The standard InChI is InChI=1S/C16H30N2O2/c1-3-18-9-7-14(8-10-18)12-16(19)17(2)13-15-6-4-5-11-20-15/h14-15H,3-13H2,1-2H3/t15-/m1/s1. The van der Waals surface area contributed by atoms with Crippen LogP contribution in [0.1, 0.15) is 45.4 Å². The molecule has 2 aliphatic heterocycles. The average Bonchev–Trinajstić information content (AvgIpc) is 2.49. The summed E-state index contributed by atoms with van der Waals surface area (Å²) < 4.78 is 5.72. The Bertz CT molecular complexity index is 295. The summed E-state index contributed by atoms with van der Waals surface area (Å²) in [5.74, 6) is 0.883. The highest BCUT2D eigenvalue weighted by Gasteiger charge is 2.24. The second-order valence-corrected chi connectivity index (χ2v) is 6.34. The summed E-state index contributed by atoms with van der Waals surface area (Å²) in [5.41, 5.74) is 0. The van der Waals surface area contributed by atoms with Crippen LogP contribution in [0, 0.1) is 5.92 Å². The van der Waals surface area contributed by atoms with Crippen molar-refractivity contribution in [3.05, 3.63) is 0 Å². The number of likely N-dealkylation sites (N-methyl/N-ethyl adjacent to an activating group) is 1. The zero-order valence-corrected chi connectivity index (χ0v) is 13.1. The third kappa shape index (κ3) is 4.74. The Morgan fingerprint density at radius 3 is 2.60 bits per heavy atom. The molecule has 4 nitrogen and oxygen atoms in total. The molecule has 2 aliphatic rings. The molecule has 0 spiro atoms. The minimum Gasteiger partial charge on any atom is -0.376 e. The van der Waals surface area contributed by atoms with Gasteiger partial charge in [-0.2, -0.15) is 0 Å². The lowest BCUT2D eigenvalue weighted by molar-refractivity contribution is -0.133. The van der Waals surface area contributed by atoms with E-state index in [0.717, 1.165) is 45.6 Å². The van der Waals surface area contributed by atoms with E-state index in [4.69, 9.17) is 4.74 Å². The monoisotopic (exact) mass is 282 g/mol. The molecule has 0 N–H and O–H groups in total. The van der Waals surface area contributed by atoms with Crippen LogP contribution in [0.15, 0.2) is 0 Å². The normalized spacial score (nSPS) is 25.6. The zero-order valence-electron chi connectivity index (χ0n) is 13.1. The SMILES string of the molecule is CCN1CCC(CC(=O)N(C)C[C@H]2CCCCO2)CC1. The van der Waals surface area contributed by atoms with Crippen LogP contribution in [0.2, 0.25) is 0 Å². The van der Waals surface area contributed by atoms with Gasteiger partial charge in [0.2, 0.25) is 5.91 Å². The first-order valence-corrected chi connectivity index (χ1v) is 8.27. The van der Waals surface area contributed by atoms with E-state index in [1.807, 2.05) is 11.9 Å². The van der Waals surface area contributed by atoms with Gasteiger partial charge in [-0.15, -0.1) is 0 Å². The maximum atomic E-state index is 12.3. The minimum absolute atomic E-state index is 0.264. The molecule has 20 heavy (non-hydrogen) atoms. The van der Waals surface area contributed by atoms with E-state index in [1.54, 1.807) is 0 Å². The molecule has 2 rings (SSSR count). The highest BCUT2D eigenvalue weighted by Crippen LogP contribution is 2.21. The third-order valence-electron chi connectivity index (χ3n) is 4.79. The summed E-state index contributed by atoms with van der Waals surface area (Å²) >= 11 is 0. The highest BCUT2D eigenvalue weighted by atomic mass is 16.5. The number of carbonyl (C=O) groups excluding carboxylic acids is 1. The van der Waals surface area contributed by atoms with Crippen LogP contribution in [0.4, 0.5) is 0 Å². The van der Waals surface area contributed by atoms with Gasteiger partial charge < -0.3 is 14.5 Å². The lowest BCUT2D eigenvalue weighted by Gasteiger charge is -2.32. The van der Waals surface area contributed by atoms with Crippen molar-refractivity contribution in [2.45, 2.75) is 51.6 Å². The van der Waals surface area contributed by atoms with E-state index >= 15 is 0 Å². The predicted octanol–water partition coefficient (Wildman–Crippen LogP) is 2.14. The number of hydrogen-bond donors (Lipinski definition) is 0. The molecule has 0 radical (unpaired) electrons. The van der Waals surface area contributed by atoms with Crippen molar-refractivity contribution >= 4 is 5.91 Å². The van der Waals surface area contributed by atoms with E-state index in [2.05, 4.69) is 11.8 Å². The molecule has 4 heteroatoms. The molecule has 2 heterocycles. The number of nitrogens with zero attached hydrogens (tertiary/aromatic N) is 2. The Kier molecular flexibility index (Phi) is 6.30. The highest BCUT2D eigenvalue weighted by molar-refractivity contribution is 5.76. The molecule has 2 fully saturated rings. The van der Waals surface area contributed by atoms with E-state index in [0.29, 0.717) is 11.8 Å². The summed E-state index contributed by atoms with van der Waals surface area (Å²) in [7, 11) is 1.93. The van der Waals surface area contributed by atoms with Crippen LogP contribution in [0.3, 0.4) is 0 Å². The van der Waals surface area contributed by atoms with Gasteiger partial charge in [-0.1, -0.05) is 6.92 Å². The van der Waals surface area contributed by atoms with Crippen LogP contribution >= 0.6 is 0 Å². The van der Waals surface area contributed by atoms with Crippen molar-refractivity contribution in [2.75, 3.05) is 39.8 Å². The van der Waals surface area contributed by atoms with Crippen LogP contribution in [-0.2, 0) is 9.53 Å². The van der Waals surface area contributed by atoms with Crippen molar-refractivity contribution in [3.63, 3.8) is 0 Å². The van der Waals surface area contributed by atoms with Gasteiger partial charge in [0.1, 0.15) is 0 Å². The number of carbonyl (C=O) groups is 1. The third-order valence-corrected chi connectivity index (χ3v) is 4.79. The first kappa shape index (κ1) is 15.8. The largest absolute Gasteiger partial charge is 0.376 e. The first-order valence-electron chi connectivity index (χ1n) is 8.27. The number of likely N-dealkylation sites (tertiary alicyclic amines) is 1. The summed E-state index contributed by atoms with van der Waals surface area (Å²) in [4.78, 5) is 16.7. The molecule has 0 aliphatic carbocycles. The smallest absolute Gasteiger partial charge is 0.222 e. The second kappa shape index (κ2) is 7.99. The van der Waals surface area contributed by atoms with Crippen molar-refractivity contribution in [3.8, 4) is 0 Å². The molecule has 2 saturated heterocycles. The van der Waals surface area contributed by atoms with Crippen LogP contribution in [0.25, 0.3) is 0 Å². The Labute approximate surface area is 123 Å². The molecule has 0 aromatic heterocycles. The van der Waals surface area contributed by atoms with Gasteiger partial charge in [-0.3, -0.25) is 4.79 Å². The molecule has 0 saturated carbocycles. The van der Waals surface area contributed by atoms with Gasteiger partial charge >= 0.3 is 0 Å². The van der Waals surface area contributed by atoms with Crippen molar-refractivity contribution in [1.29, 1.82) is 0 Å². The second-order valence-electron chi connectivity index (χ2n) is 6.34. The summed E-state index contributed by atoms with van der Waals surface area (Å²) in [5, 5.41) is 0. The van der Waals surface area contributed by atoms with Crippen molar-refractivity contribution in [1.82, 2.24) is 9.80 Å². The number of piperidine rings is 1. The maximum absolute atomic E-state index is 12.3. The minimum atomic E-state index is 0.264. The lowest BCUT2D eigenvalue weighted by atomic mass is 9.93. The molecule has 0 unspecified atom stereocenters. The Morgan fingerprint density at radius 2 is 2.00 bits per heavy atom. The number of rotatable bonds is 5. The van der Waals surface area contributed by atoms with Gasteiger partial charge in [-0.05, 0) is 57.7 Å². The van der Waals surface area contributed by atoms with Crippen molar-refractivity contribution in [2.24, 2.45) is 5.92 Å². The fourth-order valence-electron chi connectivity index (χ4n) is 3.27. The maximum Gasteiger partial charge on any atom is 0.222 e. The Balaban J connectivity index is 1.68. The van der Waals surface area contributed by atoms with Crippen LogP contribution in [-0.4, -0.2) is 61.6 Å². The van der Waals surface area contributed by atoms with E-state index < -0.39 is 0 Å². The summed E-state index contributed by atoms with van der Waals surface area (Å²) in [6.07, 6.45) is 6.85. The van der Waals surface area contributed by atoms with Crippen molar-refractivity contribution < 1.29 is 9.53 Å². The molecule has 0 aromatic carbocycles. The Hall–Kier alpha value is -0.610. The van der Waals surface area contributed by atoms with E-state index in [-0.39, 0.29) is 6.10 Å². The average molecular weight is 282 g/mol. The topological polar surface area (TPSA) is 32.8 Å². The Morgan fingerprint density at radius 1 is 1.25 bits per heavy atom. The number of amides is 1. The quantitative estimate of drug-likeness (QED) is 0.774. The van der Waals surface area contributed by atoms with E-state index in [1.165, 1.54) is 25.7 Å². The molecule has 1 atom stereocenters. The molecular weight excluding hydrogens is 252 g/mol. The van der Waals surface area contributed by atoms with Gasteiger partial charge in [0.15, 0.2) is 0 Å². The van der Waals surface area contributed by atoms with Gasteiger partial charge in [-0.25, -0.2) is 0 Å². The first-order chi connectivity index (χ1) is 9.69. The molecule has 0 bridgehead atoms. The summed E-state index contributed by atoms with van der Waals surface area (Å²) in [6, 6.07) is 0. The number of ether oxygens (including phenoxy) is 1. The van der Waals surface area contributed by atoms with Crippen LogP contribution in [0.5, 0.6) is 0 Å². The van der Waals surface area contributed by atoms with Gasteiger partial charge in [0, 0.05) is 26.6 Å². The molecule has 116 valence electrons. The molecular formula is C16H30N2O2. The molecule has 1 amide bonds. The van der Waals surface area contributed by atoms with Crippen LogP contribution < -0.4 is 0 Å². The summed E-state index contributed by atoms with van der Waals surface area (Å²) in [6.45, 7) is 7.30. The predicted molar refractivity (Wildman–Crippen MR) is 80.7 cm³/mol. The molecule has 0 aromatic rings. The van der Waals surface area contributed by atoms with E-state index in [9.17, 15) is 4.79 Å². The fraction of sp³-hybridized carbons (Fsp3) is 0.938.